The molecule has 0 unspecified atom stereocenters. The van der Waals surface area contributed by atoms with Gasteiger partial charge in [0.2, 0.25) is 0 Å². The van der Waals surface area contributed by atoms with Gasteiger partial charge in [0.15, 0.2) is 11.8 Å². The largest absolute Gasteiger partial charge is 0.497 e. The maximum absolute atomic E-state index is 12.1. The van der Waals surface area contributed by atoms with Gasteiger partial charge in [-0.05, 0) is 12.1 Å². The fourth-order valence-corrected chi connectivity index (χ4v) is 2.68. The minimum atomic E-state index is -1.58. The molecule has 0 bridgehead atoms. The summed E-state index contributed by atoms with van der Waals surface area (Å²) in [7, 11) is 1.47. The number of methoxy groups -OCH3 is 1. The minimum Gasteiger partial charge on any atom is -0.497 e. The molecule has 0 saturated carbocycles. The zero-order valence-corrected chi connectivity index (χ0v) is 12.2. The van der Waals surface area contributed by atoms with Gasteiger partial charge in [-0.15, -0.1) is 0 Å². The molecule has 3 rings (SSSR count). The molecular formula is C14H17NO8. The number of hydrogen-bond acceptors (Lipinski definition) is 8. The average molecular weight is 327 g/mol. The first-order valence-corrected chi connectivity index (χ1v) is 6.97. The van der Waals surface area contributed by atoms with Gasteiger partial charge in [-0.3, -0.25) is 0 Å². The van der Waals surface area contributed by atoms with E-state index in [9.17, 15) is 25.2 Å². The highest BCUT2D eigenvalue weighted by atomic mass is 16.6. The van der Waals surface area contributed by atoms with Crippen molar-refractivity contribution in [3.63, 3.8) is 0 Å². The molecule has 1 fully saturated rings. The van der Waals surface area contributed by atoms with Gasteiger partial charge in [0, 0.05) is 6.07 Å². The van der Waals surface area contributed by atoms with Crippen molar-refractivity contribution in [3.8, 4) is 5.75 Å². The summed E-state index contributed by atoms with van der Waals surface area (Å²) in [5, 5.41) is 39.0. The number of aromatic nitrogens is 1. The Morgan fingerprint density at radius 2 is 1.96 bits per heavy atom. The molecule has 2 heterocycles. The van der Waals surface area contributed by atoms with Crippen LogP contribution in [0.4, 0.5) is 0 Å². The van der Waals surface area contributed by atoms with Crippen molar-refractivity contribution in [2.45, 2.75) is 30.6 Å². The lowest BCUT2D eigenvalue weighted by Crippen LogP contribution is -2.57. The highest BCUT2D eigenvalue weighted by Gasteiger charge is 2.45. The molecule has 1 saturated heterocycles. The fraction of sp³-hybridized carbons (Fsp3) is 0.500. The van der Waals surface area contributed by atoms with Crippen LogP contribution in [0.15, 0.2) is 27.4 Å². The zero-order valence-electron chi connectivity index (χ0n) is 12.2. The van der Waals surface area contributed by atoms with Gasteiger partial charge in [-0.25, -0.2) is 9.36 Å². The molecule has 1 aromatic heterocycles. The van der Waals surface area contributed by atoms with Crippen LogP contribution in [0.25, 0.3) is 11.1 Å². The van der Waals surface area contributed by atoms with Crippen LogP contribution in [0, 0.1) is 0 Å². The number of aliphatic hydroxyl groups excluding tert-OH is 4. The van der Waals surface area contributed by atoms with Crippen molar-refractivity contribution in [1.29, 1.82) is 0 Å². The van der Waals surface area contributed by atoms with Crippen LogP contribution in [0.1, 0.15) is 6.23 Å². The topological polar surface area (TPSA) is 135 Å². The van der Waals surface area contributed by atoms with Crippen molar-refractivity contribution in [2.75, 3.05) is 13.7 Å². The third kappa shape index (κ3) is 2.52. The van der Waals surface area contributed by atoms with Crippen LogP contribution in [0.5, 0.6) is 5.75 Å². The van der Waals surface area contributed by atoms with Gasteiger partial charge in [-0.1, -0.05) is 0 Å². The molecule has 0 spiro atoms. The Hall–Kier alpha value is -1.91. The van der Waals surface area contributed by atoms with Crippen LogP contribution < -0.4 is 10.5 Å². The Kier molecular flexibility index (Phi) is 4.13. The van der Waals surface area contributed by atoms with E-state index in [4.69, 9.17) is 13.9 Å². The normalized spacial score (nSPS) is 31.4. The molecule has 5 atom stereocenters. The van der Waals surface area contributed by atoms with E-state index in [1.807, 2.05) is 0 Å². The van der Waals surface area contributed by atoms with E-state index >= 15 is 0 Å². The predicted octanol–water partition coefficient (Wildman–Crippen LogP) is -1.42. The Bertz CT molecular complexity index is 751. The zero-order chi connectivity index (χ0) is 16.7. The van der Waals surface area contributed by atoms with Crippen molar-refractivity contribution in [3.05, 3.63) is 28.7 Å². The number of rotatable bonds is 3. The number of fused-ring (bicyclic) bond motifs is 1. The number of nitrogens with zero attached hydrogens (tertiary/aromatic N) is 1. The van der Waals surface area contributed by atoms with Crippen LogP contribution in [0.3, 0.4) is 0 Å². The Balaban J connectivity index is 2.08. The monoisotopic (exact) mass is 327 g/mol. The number of oxazole rings is 1. The quantitative estimate of drug-likeness (QED) is 0.539. The van der Waals surface area contributed by atoms with Crippen LogP contribution in [-0.2, 0) is 4.74 Å². The van der Waals surface area contributed by atoms with Gasteiger partial charge in [0.1, 0.15) is 30.2 Å². The van der Waals surface area contributed by atoms with E-state index in [1.165, 1.54) is 13.2 Å². The first kappa shape index (κ1) is 16.0. The summed E-state index contributed by atoms with van der Waals surface area (Å²) in [4.78, 5) is 12.1. The molecule has 23 heavy (non-hydrogen) atoms. The Morgan fingerprint density at radius 1 is 1.22 bits per heavy atom. The van der Waals surface area contributed by atoms with Crippen LogP contribution >= 0.6 is 0 Å². The molecule has 1 aliphatic heterocycles. The summed E-state index contributed by atoms with van der Waals surface area (Å²) in [6, 6.07) is 4.63. The molecule has 9 nitrogen and oxygen atoms in total. The molecule has 1 aromatic carbocycles. The Morgan fingerprint density at radius 3 is 2.61 bits per heavy atom. The molecule has 0 aliphatic carbocycles. The lowest BCUT2D eigenvalue weighted by Gasteiger charge is -2.39. The number of benzene rings is 1. The standard InChI is InChI=1S/C14H17NO8/c1-21-6-2-3-7-8(4-6)23-14(20)15(7)13-12(19)11(18)10(17)9(5-16)22-13/h2-4,9-13,16-19H,5H2,1H3/t9-,10-,11+,12-,13-/m1/s1. The van der Waals surface area contributed by atoms with E-state index < -0.39 is 43.0 Å². The van der Waals surface area contributed by atoms with E-state index in [2.05, 4.69) is 0 Å². The molecule has 2 aromatic rings. The lowest BCUT2D eigenvalue weighted by molar-refractivity contribution is -0.251. The first-order chi connectivity index (χ1) is 11.0. The van der Waals surface area contributed by atoms with Gasteiger partial charge >= 0.3 is 5.76 Å². The Labute approximate surface area is 129 Å². The third-order valence-corrected chi connectivity index (χ3v) is 3.94. The highest BCUT2D eigenvalue weighted by Crippen LogP contribution is 2.31. The van der Waals surface area contributed by atoms with Crippen molar-refractivity contribution >= 4 is 11.1 Å². The summed E-state index contributed by atoms with van der Waals surface area (Å²) >= 11 is 0. The molecule has 0 amide bonds. The second-order valence-corrected chi connectivity index (χ2v) is 5.29. The summed E-state index contributed by atoms with van der Waals surface area (Å²) in [6.45, 7) is -0.584. The fourth-order valence-electron chi connectivity index (χ4n) is 2.68. The molecular weight excluding hydrogens is 310 g/mol. The van der Waals surface area contributed by atoms with Gasteiger partial charge in [0.05, 0.1) is 19.2 Å². The summed E-state index contributed by atoms with van der Waals surface area (Å²) < 4.78 is 16.6. The SMILES string of the molecule is COc1ccc2c(c1)oc(=O)n2[C@@H]1O[C@H](CO)[C@@H](O)[C@H](O)[C@H]1O. The molecule has 126 valence electrons. The third-order valence-electron chi connectivity index (χ3n) is 3.94. The summed E-state index contributed by atoms with van der Waals surface area (Å²) in [6.07, 6.45) is -7.09. The van der Waals surface area contributed by atoms with Crippen molar-refractivity contribution in [1.82, 2.24) is 4.57 Å². The molecule has 1 aliphatic rings. The number of hydrogen-bond donors (Lipinski definition) is 4. The average Bonchev–Trinajstić information content (AvgIpc) is 2.88. The van der Waals surface area contributed by atoms with E-state index in [0.29, 0.717) is 11.3 Å². The van der Waals surface area contributed by atoms with Crippen LogP contribution in [0.2, 0.25) is 0 Å². The van der Waals surface area contributed by atoms with Gasteiger partial charge < -0.3 is 34.3 Å². The predicted molar refractivity (Wildman–Crippen MR) is 76.0 cm³/mol. The van der Waals surface area contributed by atoms with Gasteiger partial charge in [0.25, 0.3) is 0 Å². The second-order valence-electron chi connectivity index (χ2n) is 5.29. The lowest BCUT2D eigenvalue weighted by atomic mass is 9.98. The molecule has 4 N–H and O–H groups in total. The highest BCUT2D eigenvalue weighted by molar-refractivity contribution is 5.74. The minimum absolute atomic E-state index is 0.214. The summed E-state index contributed by atoms with van der Waals surface area (Å²) in [5.41, 5.74) is 0.534. The van der Waals surface area contributed by atoms with Gasteiger partial charge in [-0.2, -0.15) is 0 Å². The first-order valence-electron chi connectivity index (χ1n) is 6.97. The van der Waals surface area contributed by atoms with E-state index in [-0.39, 0.29) is 5.58 Å². The molecule has 0 radical (unpaired) electrons. The molecule has 9 heteroatoms. The smallest absolute Gasteiger partial charge is 0.422 e. The second kappa shape index (κ2) is 5.95. The van der Waals surface area contributed by atoms with E-state index in [1.54, 1.807) is 12.1 Å². The number of aliphatic hydroxyl groups is 4. The van der Waals surface area contributed by atoms with Crippen LogP contribution in [-0.4, -0.2) is 63.1 Å². The maximum atomic E-state index is 12.1. The number of ether oxygens (including phenoxy) is 2. The maximum Gasteiger partial charge on any atom is 0.422 e. The van der Waals surface area contributed by atoms with E-state index in [0.717, 1.165) is 4.57 Å². The summed E-state index contributed by atoms with van der Waals surface area (Å²) in [5.74, 6) is -0.329. The van der Waals surface area contributed by atoms with Crippen molar-refractivity contribution in [2.24, 2.45) is 0 Å². The van der Waals surface area contributed by atoms with Crippen molar-refractivity contribution < 1.29 is 34.3 Å².